The average molecular weight is 220 g/mol. The van der Waals surface area contributed by atoms with Crippen LogP contribution < -0.4 is 10.2 Å². The van der Waals surface area contributed by atoms with Gasteiger partial charge in [0.05, 0.1) is 0 Å². The first-order valence-corrected chi connectivity index (χ1v) is 6.02. The first-order chi connectivity index (χ1) is 7.81. The molecule has 0 aliphatic carbocycles. The Labute approximate surface area is 95.4 Å². The Bertz CT molecular complexity index is 351. The van der Waals surface area contributed by atoms with Gasteiger partial charge < -0.3 is 10.2 Å². The number of anilines is 1. The second kappa shape index (κ2) is 4.06. The van der Waals surface area contributed by atoms with Crippen LogP contribution in [0.1, 0.15) is 6.42 Å². The van der Waals surface area contributed by atoms with E-state index in [-0.39, 0.29) is 5.82 Å². The summed E-state index contributed by atoms with van der Waals surface area (Å²) in [7, 11) is 0. The molecule has 0 aromatic heterocycles. The molecule has 1 N–H and O–H groups in total. The predicted octanol–water partition coefficient (Wildman–Crippen LogP) is 1.87. The number of fused-ring (bicyclic) bond motifs is 2. The molecule has 2 saturated heterocycles. The van der Waals surface area contributed by atoms with Crippen LogP contribution >= 0.6 is 0 Å². The second-order valence-corrected chi connectivity index (χ2v) is 5.01. The van der Waals surface area contributed by atoms with Crippen molar-refractivity contribution in [2.24, 2.45) is 11.8 Å². The minimum absolute atomic E-state index is 0.150. The summed E-state index contributed by atoms with van der Waals surface area (Å²) in [6, 6.07) is 6.89. The quantitative estimate of drug-likeness (QED) is 0.777. The molecule has 2 aliphatic heterocycles. The topological polar surface area (TPSA) is 15.3 Å². The number of piperidine rings is 2. The zero-order valence-corrected chi connectivity index (χ0v) is 9.32. The Morgan fingerprint density at radius 1 is 1.06 bits per heavy atom. The molecule has 2 bridgehead atoms. The van der Waals surface area contributed by atoms with Crippen LogP contribution in [-0.2, 0) is 0 Å². The maximum atomic E-state index is 12.9. The molecule has 2 nitrogen and oxygen atoms in total. The molecule has 1 aromatic carbocycles. The van der Waals surface area contributed by atoms with Crippen molar-refractivity contribution >= 4 is 5.69 Å². The van der Waals surface area contributed by atoms with Crippen LogP contribution in [0.5, 0.6) is 0 Å². The van der Waals surface area contributed by atoms with Crippen LogP contribution in [0.3, 0.4) is 0 Å². The molecule has 16 heavy (non-hydrogen) atoms. The Hall–Kier alpha value is -1.09. The minimum atomic E-state index is -0.150. The van der Waals surface area contributed by atoms with Crippen molar-refractivity contribution < 1.29 is 4.39 Å². The summed E-state index contributed by atoms with van der Waals surface area (Å²) < 4.78 is 12.9. The third-order valence-corrected chi connectivity index (χ3v) is 3.68. The van der Waals surface area contributed by atoms with Crippen molar-refractivity contribution in [2.45, 2.75) is 6.42 Å². The van der Waals surface area contributed by atoms with E-state index in [0.717, 1.165) is 43.7 Å². The molecule has 2 atom stereocenters. The van der Waals surface area contributed by atoms with E-state index in [2.05, 4.69) is 10.2 Å². The summed E-state index contributed by atoms with van der Waals surface area (Å²) in [5.41, 5.74) is 1.16. The number of nitrogens with one attached hydrogen (secondary N) is 1. The van der Waals surface area contributed by atoms with Crippen molar-refractivity contribution in [3.05, 3.63) is 30.1 Å². The standard InChI is InChI=1S/C13H17FN2/c14-12-1-3-13(4-2-12)16-8-10-5-11(9-16)7-15-6-10/h1-4,10-11,15H,5-9H2. The fourth-order valence-electron chi connectivity index (χ4n) is 2.97. The number of benzene rings is 1. The highest BCUT2D eigenvalue weighted by atomic mass is 19.1. The van der Waals surface area contributed by atoms with Gasteiger partial charge in [-0.25, -0.2) is 4.39 Å². The zero-order chi connectivity index (χ0) is 11.0. The van der Waals surface area contributed by atoms with Gasteiger partial charge in [0.2, 0.25) is 0 Å². The molecule has 86 valence electrons. The van der Waals surface area contributed by atoms with Crippen LogP contribution in [0.4, 0.5) is 10.1 Å². The Balaban J connectivity index is 1.77. The lowest BCUT2D eigenvalue weighted by Crippen LogP contribution is -2.51. The van der Waals surface area contributed by atoms with E-state index in [1.807, 2.05) is 12.1 Å². The molecular formula is C13H17FN2. The highest BCUT2D eigenvalue weighted by Crippen LogP contribution is 2.28. The Kier molecular flexibility index (Phi) is 2.56. The normalized spacial score (nSPS) is 29.2. The maximum absolute atomic E-state index is 12.9. The third-order valence-electron chi connectivity index (χ3n) is 3.68. The maximum Gasteiger partial charge on any atom is 0.123 e. The van der Waals surface area contributed by atoms with Crippen LogP contribution in [0.25, 0.3) is 0 Å². The van der Waals surface area contributed by atoms with E-state index in [4.69, 9.17) is 0 Å². The molecular weight excluding hydrogens is 203 g/mol. The van der Waals surface area contributed by atoms with Gasteiger partial charge in [-0.3, -0.25) is 0 Å². The van der Waals surface area contributed by atoms with Crippen molar-refractivity contribution in [3.63, 3.8) is 0 Å². The summed E-state index contributed by atoms with van der Waals surface area (Å²) >= 11 is 0. The fourth-order valence-corrected chi connectivity index (χ4v) is 2.97. The van der Waals surface area contributed by atoms with Gasteiger partial charge in [0.15, 0.2) is 0 Å². The number of halogens is 1. The van der Waals surface area contributed by atoms with Crippen LogP contribution in [-0.4, -0.2) is 26.2 Å². The molecule has 0 spiro atoms. The molecule has 0 radical (unpaired) electrons. The van der Waals surface area contributed by atoms with Gasteiger partial charge in [-0.1, -0.05) is 0 Å². The van der Waals surface area contributed by atoms with E-state index < -0.39 is 0 Å². The molecule has 2 aliphatic rings. The molecule has 3 heteroatoms. The highest BCUT2D eigenvalue weighted by molar-refractivity contribution is 5.47. The monoisotopic (exact) mass is 220 g/mol. The van der Waals surface area contributed by atoms with E-state index in [9.17, 15) is 4.39 Å². The molecule has 3 rings (SSSR count). The second-order valence-electron chi connectivity index (χ2n) is 5.01. The summed E-state index contributed by atoms with van der Waals surface area (Å²) in [5, 5.41) is 3.48. The largest absolute Gasteiger partial charge is 0.371 e. The minimum Gasteiger partial charge on any atom is -0.371 e. The van der Waals surface area contributed by atoms with Crippen molar-refractivity contribution in [3.8, 4) is 0 Å². The first-order valence-electron chi connectivity index (χ1n) is 6.02. The Morgan fingerprint density at radius 3 is 2.31 bits per heavy atom. The lowest BCUT2D eigenvalue weighted by atomic mass is 9.85. The number of hydrogen-bond donors (Lipinski definition) is 1. The Morgan fingerprint density at radius 2 is 1.69 bits per heavy atom. The molecule has 2 heterocycles. The van der Waals surface area contributed by atoms with Crippen molar-refractivity contribution in [1.29, 1.82) is 0 Å². The summed E-state index contributed by atoms with van der Waals surface area (Å²) in [4.78, 5) is 2.40. The summed E-state index contributed by atoms with van der Waals surface area (Å²) in [6.07, 6.45) is 1.35. The predicted molar refractivity (Wildman–Crippen MR) is 63.1 cm³/mol. The number of hydrogen-bond acceptors (Lipinski definition) is 2. The third kappa shape index (κ3) is 1.92. The molecule has 0 amide bonds. The van der Waals surface area contributed by atoms with Crippen molar-refractivity contribution in [1.82, 2.24) is 5.32 Å². The SMILES string of the molecule is Fc1ccc(N2CC3CNCC(C3)C2)cc1. The first kappa shape index (κ1) is 10.1. The molecule has 2 unspecified atom stereocenters. The van der Waals surface area contributed by atoms with Gasteiger partial charge in [-0.05, 0) is 55.6 Å². The average Bonchev–Trinajstić information content (AvgIpc) is 2.29. The van der Waals surface area contributed by atoms with E-state index in [1.165, 1.54) is 6.42 Å². The van der Waals surface area contributed by atoms with Gasteiger partial charge in [-0.2, -0.15) is 0 Å². The molecule has 1 aromatic rings. The summed E-state index contributed by atoms with van der Waals surface area (Å²) in [5.74, 6) is 1.37. The van der Waals surface area contributed by atoms with E-state index >= 15 is 0 Å². The van der Waals surface area contributed by atoms with Gasteiger partial charge in [0, 0.05) is 18.8 Å². The van der Waals surface area contributed by atoms with Gasteiger partial charge in [0.25, 0.3) is 0 Å². The highest BCUT2D eigenvalue weighted by Gasteiger charge is 2.30. The van der Waals surface area contributed by atoms with E-state index in [1.54, 1.807) is 12.1 Å². The smallest absolute Gasteiger partial charge is 0.123 e. The van der Waals surface area contributed by atoms with Gasteiger partial charge in [-0.15, -0.1) is 0 Å². The van der Waals surface area contributed by atoms with E-state index in [0.29, 0.717) is 0 Å². The van der Waals surface area contributed by atoms with Crippen molar-refractivity contribution in [2.75, 3.05) is 31.1 Å². The summed E-state index contributed by atoms with van der Waals surface area (Å²) in [6.45, 7) is 4.48. The fraction of sp³-hybridized carbons (Fsp3) is 0.538. The van der Waals surface area contributed by atoms with Crippen LogP contribution in [0.15, 0.2) is 24.3 Å². The molecule has 2 fully saturated rings. The van der Waals surface area contributed by atoms with Gasteiger partial charge in [0.1, 0.15) is 5.82 Å². The van der Waals surface area contributed by atoms with Gasteiger partial charge >= 0.3 is 0 Å². The lowest BCUT2D eigenvalue weighted by Gasteiger charge is -2.42. The number of nitrogens with zero attached hydrogens (tertiary/aromatic N) is 1. The zero-order valence-electron chi connectivity index (χ0n) is 9.32. The lowest BCUT2D eigenvalue weighted by molar-refractivity contribution is 0.250. The van der Waals surface area contributed by atoms with Crippen LogP contribution in [0, 0.1) is 17.7 Å². The molecule has 0 saturated carbocycles. The number of rotatable bonds is 1. The van der Waals surface area contributed by atoms with Crippen LogP contribution in [0.2, 0.25) is 0 Å².